The minimum Gasteiger partial charge on any atom is -0.494 e. The van der Waals surface area contributed by atoms with Crippen molar-refractivity contribution in [2.24, 2.45) is 10.8 Å². The van der Waals surface area contributed by atoms with Gasteiger partial charge in [-0.2, -0.15) is 5.10 Å². The SMILES string of the molecule is CCCCOc1ccc(C(=O)Oc2ccc(C=NNC(N)=S)cc2OC)cc1. The van der Waals surface area contributed by atoms with Gasteiger partial charge in [0.25, 0.3) is 0 Å². The van der Waals surface area contributed by atoms with Crippen molar-refractivity contribution in [3.05, 3.63) is 53.6 Å². The molecule has 3 N–H and O–H groups in total. The van der Waals surface area contributed by atoms with Gasteiger partial charge in [-0.25, -0.2) is 4.79 Å². The van der Waals surface area contributed by atoms with Crippen LogP contribution in [0.25, 0.3) is 0 Å². The summed E-state index contributed by atoms with van der Waals surface area (Å²) < 4.78 is 16.3. The van der Waals surface area contributed by atoms with Gasteiger partial charge in [0.15, 0.2) is 16.6 Å². The molecule has 0 saturated heterocycles. The number of rotatable bonds is 9. The molecule has 0 bridgehead atoms. The first-order valence-electron chi connectivity index (χ1n) is 8.75. The molecule has 0 heterocycles. The van der Waals surface area contributed by atoms with Crippen molar-refractivity contribution < 1.29 is 19.0 Å². The van der Waals surface area contributed by atoms with Crippen molar-refractivity contribution >= 4 is 29.5 Å². The van der Waals surface area contributed by atoms with Crippen molar-refractivity contribution in [2.75, 3.05) is 13.7 Å². The Hall–Kier alpha value is -3.13. The van der Waals surface area contributed by atoms with Gasteiger partial charge < -0.3 is 19.9 Å². The van der Waals surface area contributed by atoms with E-state index in [9.17, 15) is 4.79 Å². The number of methoxy groups -OCH3 is 1. The normalized spacial score (nSPS) is 10.5. The number of nitrogens with one attached hydrogen (secondary N) is 1. The smallest absolute Gasteiger partial charge is 0.343 e. The molecule has 0 aliphatic rings. The molecule has 0 atom stereocenters. The number of nitrogens with two attached hydrogens (primary N) is 1. The lowest BCUT2D eigenvalue weighted by Crippen LogP contribution is -2.23. The van der Waals surface area contributed by atoms with E-state index in [0.717, 1.165) is 18.6 Å². The van der Waals surface area contributed by atoms with Gasteiger partial charge in [-0.3, -0.25) is 5.43 Å². The van der Waals surface area contributed by atoms with Crippen molar-refractivity contribution in [1.82, 2.24) is 5.43 Å². The molecule has 28 heavy (non-hydrogen) atoms. The second-order valence-electron chi connectivity index (χ2n) is 5.76. The number of carbonyl (C=O) groups is 1. The third-order valence-corrected chi connectivity index (χ3v) is 3.73. The van der Waals surface area contributed by atoms with E-state index in [1.54, 1.807) is 42.5 Å². The first kappa shape index (κ1) is 21.2. The number of unbranched alkanes of at least 4 members (excludes halogenated alkanes) is 1. The second-order valence-corrected chi connectivity index (χ2v) is 6.20. The number of hydrogen-bond acceptors (Lipinski definition) is 6. The van der Waals surface area contributed by atoms with Crippen LogP contribution in [0.4, 0.5) is 0 Å². The lowest BCUT2D eigenvalue weighted by atomic mass is 10.2. The predicted molar refractivity (Wildman–Crippen MR) is 112 cm³/mol. The number of benzene rings is 2. The lowest BCUT2D eigenvalue weighted by Gasteiger charge is -2.10. The highest BCUT2D eigenvalue weighted by Gasteiger charge is 2.13. The quantitative estimate of drug-likeness (QED) is 0.166. The zero-order valence-corrected chi connectivity index (χ0v) is 16.6. The zero-order chi connectivity index (χ0) is 20.4. The van der Waals surface area contributed by atoms with Crippen LogP contribution >= 0.6 is 12.2 Å². The largest absolute Gasteiger partial charge is 0.494 e. The molecule has 0 unspecified atom stereocenters. The van der Waals surface area contributed by atoms with Crippen LogP contribution < -0.4 is 25.4 Å². The summed E-state index contributed by atoms with van der Waals surface area (Å²) in [5.41, 5.74) is 8.90. The summed E-state index contributed by atoms with van der Waals surface area (Å²) in [4.78, 5) is 12.4. The minimum absolute atomic E-state index is 0.0653. The van der Waals surface area contributed by atoms with Crippen molar-refractivity contribution in [3.8, 4) is 17.2 Å². The van der Waals surface area contributed by atoms with Crippen LogP contribution in [-0.4, -0.2) is 31.0 Å². The van der Waals surface area contributed by atoms with E-state index in [1.165, 1.54) is 13.3 Å². The third-order valence-electron chi connectivity index (χ3n) is 3.64. The van der Waals surface area contributed by atoms with E-state index < -0.39 is 5.97 Å². The Kier molecular flexibility index (Phi) is 8.23. The fraction of sp³-hybridized carbons (Fsp3) is 0.250. The summed E-state index contributed by atoms with van der Waals surface area (Å²) in [5.74, 6) is 0.925. The van der Waals surface area contributed by atoms with Gasteiger partial charge in [-0.05, 0) is 66.7 Å². The highest BCUT2D eigenvalue weighted by Crippen LogP contribution is 2.28. The van der Waals surface area contributed by atoms with Crippen molar-refractivity contribution in [2.45, 2.75) is 19.8 Å². The van der Waals surface area contributed by atoms with E-state index in [2.05, 4.69) is 29.7 Å². The van der Waals surface area contributed by atoms with Gasteiger partial charge in [0.2, 0.25) is 0 Å². The number of hydrazone groups is 1. The zero-order valence-electron chi connectivity index (χ0n) is 15.8. The summed E-state index contributed by atoms with van der Waals surface area (Å²) in [6, 6.07) is 11.9. The highest BCUT2D eigenvalue weighted by atomic mass is 32.1. The predicted octanol–water partition coefficient (Wildman–Crippen LogP) is 3.26. The first-order valence-corrected chi connectivity index (χ1v) is 9.16. The number of ether oxygens (including phenoxy) is 3. The molecule has 2 aromatic carbocycles. The van der Waals surface area contributed by atoms with Crippen LogP contribution in [-0.2, 0) is 0 Å². The summed E-state index contributed by atoms with van der Waals surface area (Å²) in [6.45, 7) is 2.75. The van der Waals surface area contributed by atoms with E-state index in [1.807, 2.05) is 0 Å². The summed E-state index contributed by atoms with van der Waals surface area (Å²) in [7, 11) is 1.49. The van der Waals surface area contributed by atoms with Gasteiger partial charge in [0.05, 0.1) is 25.5 Å². The van der Waals surface area contributed by atoms with E-state index in [0.29, 0.717) is 29.2 Å². The Balaban J connectivity index is 2.04. The molecule has 0 aromatic heterocycles. The lowest BCUT2D eigenvalue weighted by molar-refractivity contribution is 0.0729. The summed E-state index contributed by atoms with van der Waals surface area (Å²) in [5, 5.41) is 3.94. The highest BCUT2D eigenvalue weighted by molar-refractivity contribution is 7.80. The van der Waals surface area contributed by atoms with Crippen LogP contribution in [0.15, 0.2) is 47.6 Å². The van der Waals surface area contributed by atoms with Gasteiger partial charge >= 0.3 is 5.97 Å². The number of thiocarbonyl (C=S) groups is 1. The van der Waals surface area contributed by atoms with Gasteiger partial charge in [0.1, 0.15) is 5.75 Å². The second kappa shape index (κ2) is 10.9. The van der Waals surface area contributed by atoms with E-state index in [4.69, 9.17) is 19.9 Å². The van der Waals surface area contributed by atoms with Crippen LogP contribution in [0.2, 0.25) is 0 Å². The van der Waals surface area contributed by atoms with Gasteiger partial charge in [0, 0.05) is 0 Å². The van der Waals surface area contributed by atoms with E-state index >= 15 is 0 Å². The standard InChI is InChI=1S/C20H23N3O4S/c1-3-4-11-26-16-8-6-15(7-9-16)19(24)27-17-10-5-14(12-18(17)25-2)13-22-23-20(21)28/h5-10,12-13H,3-4,11H2,1-2H3,(H3,21,23,28). The van der Waals surface area contributed by atoms with Crippen molar-refractivity contribution in [1.29, 1.82) is 0 Å². The molecular weight excluding hydrogens is 378 g/mol. The maximum absolute atomic E-state index is 12.4. The van der Waals surface area contributed by atoms with Crippen LogP contribution in [0.5, 0.6) is 17.2 Å². The molecule has 0 saturated carbocycles. The topological polar surface area (TPSA) is 95.2 Å². The summed E-state index contributed by atoms with van der Waals surface area (Å²) >= 11 is 4.67. The van der Waals surface area contributed by atoms with Gasteiger partial charge in [-0.1, -0.05) is 13.3 Å². The molecular formula is C20H23N3O4S. The molecule has 8 heteroatoms. The maximum Gasteiger partial charge on any atom is 0.343 e. The fourth-order valence-corrected chi connectivity index (χ4v) is 2.25. The molecule has 0 fully saturated rings. The fourth-order valence-electron chi connectivity index (χ4n) is 2.20. The molecule has 0 spiro atoms. The molecule has 0 radical (unpaired) electrons. The Labute approximate surface area is 169 Å². The minimum atomic E-state index is -0.491. The Morgan fingerprint density at radius 3 is 2.61 bits per heavy atom. The average molecular weight is 401 g/mol. The molecule has 2 aromatic rings. The molecule has 0 aliphatic carbocycles. The number of carbonyl (C=O) groups excluding carboxylic acids is 1. The Morgan fingerprint density at radius 1 is 1.21 bits per heavy atom. The van der Waals surface area contributed by atoms with Crippen molar-refractivity contribution in [3.63, 3.8) is 0 Å². The number of hydrogen-bond donors (Lipinski definition) is 2. The molecule has 148 valence electrons. The number of esters is 1. The number of nitrogens with zero attached hydrogens (tertiary/aromatic N) is 1. The Bertz CT molecular complexity index is 838. The van der Waals surface area contributed by atoms with Crippen LogP contribution in [0, 0.1) is 0 Å². The third kappa shape index (κ3) is 6.55. The molecule has 0 amide bonds. The Morgan fingerprint density at radius 2 is 1.96 bits per heavy atom. The van der Waals surface area contributed by atoms with Gasteiger partial charge in [-0.15, -0.1) is 0 Å². The van der Waals surface area contributed by atoms with Crippen LogP contribution in [0.3, 0.4) is 0 Å². The van der Waals surface area contributed by atoms with E-state index in [-0.39, 0.29) is 5.11 Å². The maximum atomic E-state index is 12.4. The molecule has 0 aliphatic heterocycles. The molecule has 2 rings (SSSR count). The monoisotopic (exact) mass is 401 g/mol. The average Bonchev–Trinajstić information content (AvgIpc) is 2.69. The van der Waals surface area contributed by atoms with Crippen LogP contribution in [0.1, 0.15) is 35.7 Å². The summed E-state index contributed by atoms with van der Waals surface area (Å²) in [6.07, 6.45) is 3.57. The molecule has 7 nitrogen and oxygen atoms in total. The first-order chi connectivity index (χ1) is 13.5.